The van der Waals surface area contributed by atoms with Gasteiger partial charge >= 0.3 is 0 Å². The Hall–Kier alpha value is -0.440. The highest BCUT2D eigenvalue weighted by Gasteiger charge is 2.25. The lowest BCUT2D eigenvalue weighted by molar-refractivity contribution is 0.329. The maximum Gasteiger partial charge on any atom is 0.0253 e. The highest BCUT2D eigenvalue weighted by atomic mass is 14.3. The van der Waals surface area contributed by atoms with E-state index in [1.165, 1.54) is 25.7 Å². The van der Waals surface area contributed by atoms with Crippen LogP contribution in [0.15, 0.2) is 0 Å². The van der Waals surface area contributed by atoms with Crippen LogP contribution in [0, 0.1) is 29.6 Å². The summed E-state index contributed by atoms with van der Waals surface area (Å²) in [5, 5.41) is 0. The Balaban J connectivity index is 2.55. The van der Waals surface area contributed by atoms with Crippen LogP contribution in [0.2, 0.25) is 0 Å². The van der Waals surface area contributed by atoms with Gasteiger partial charge in [0.05, 0.1) is 0 Å². The SMILES string of the molecule is CC#CC(C(C)C)C1CCCC1. The molecule has 0 saturated heterocycles. The quantitative estimate of drug-likeness (QED) is 0.548. The zero-order chi connectivity index (χ0) is 8.97. The zero-order valence-electron chi connectivity index (χ0n) is 8.56. The lowest BCUT2D eigenvalue weighted by Crippen LogP contribution is -2.15. The monoisotopic (exact) mass is 164 g/mol. The lowest BCUT2D eigenvalue weighted by Gasteiger charge is -2.21. The minimum atomic E-state index is 0.664. The molecule has 1 atom stereocenters. The highest BCUT2D eigenvalue weighted by molar-refractivity contribution is 5.04. The summed E-state index contributed by atoms with van der Waals surface area (Å²) in [6.45, 7) is 6.56. The molecule has 0 bridgehead atoms. The molecule has 0 aromatic heterocycles. The molecule has 0 N–H and O–H groups in total. The maximum atomic E-state index is 3.37. The predicted octanol–water partition coefficient (Wildman–Crippen LogP) is 3.47. The van der Waals surface area contributed by atoms with E-state index in [4.69, 9.17) is 0 Å². The Morgan fingerprint density at radius 3 is 2.17 bits per heavy atom. The molecule has 1 aliphatic rings. The summed E-state index contributed by atoms with van der Waals surface area (Å²) in [6.07, 6.45) is 5.69. The van der Waals surface area contributed by atoms with Crippen LogP contribution in [-0.4, -0.2) is 0 Å². The summed E-state index contributed by atoms with van der Waals surface area (Å²) in [6, 6.07) is 0. The second kappa shape index (κ2) is 4.55. The number of rotatable bonds is 2. The summed E-state index contributed by atoms with van der Waals surface area (Å²) in [5.41, 5.74) is 0. The topological polar surface area (TPSA) is 0 Å². The van der Waals surface area contributed by atoms with Gasteiger partial charge in [-0.05, 0) is 31.6 Å². The van der Waals surface area contributed by atoms with Gasteiger partial charge in [-0.1, -0.05) is 32.6 Å². The molecule has 1 unspecified atom stereocenters. The average molecular weight is 164 g/mol. The fraction of sp³-hybridized carbons (Fsp3) is 0.833. The summed E-state index contributed by atoms with van der Waals surface area (Å²) >= 11 is 0. The standard InChI is InChI=1S/C12H20/c1-4-7-12(10(2)3)11-8-5-6-9-11/h10-12H,5-6,8-9H2,1-3H3. The lowest BCUT2D eigenvalue weighted by atomic mass is 9.83. The van der Waals surface area contributed by atoms with Crippen molar-refractivity contribution in [3.63, 3.8) is 0 Å². The summed E-state index contributed by atoms with van der Waals surface area (Å²) in [5.74, 6) is 8.75. The Morgan fingerprint density at radius 2 is 1.75 bits per heavy atom. The molecule has 12 heavy (non-hydrogen) atoms. The normalized spacial score (nSPS) is 20.7. The molecule has 0 radical (unpaired) electrons. The van der Waals surface area contributed by atoms with Crippen molar-refractivity contribution in [3.05, 3.63) is 0 Å². The molecule has 68 valence electrons. The molecule has 0 heterocycles. The van der Waals surface area contributed by atoms with Crippen molar-refractivity contribution >= 4 is 0 Å². The van der Waals surface area contributed by atoms with E-state index >= 15 is 0 Å². The van der Waals surface area contributed by atoms with E-state index in [0.717, 1.165) is 11.8 Å². The van der Waals surface area contributed by atoms with E-state index in [9.17, 15) is 0 Å². The second-order valence-electron chi connectivity index (χ2n) is 4.21. The zero-order valence-corrected chi connectivity index (χ0v) is 8.56. The van der Waals surface area contributed by atoms with Crippen molar-refractivity contribution < 1.29 is 0 Å². The Bertz CT molecular complexity index is 174. The first-order valence-corrected chi connectivity index (χ1v) is 5.18. The minimum Gasteiger partial charge on any atom is -0.106 e. The third-order valence-electron chi connectivity index (χ3n) is 2.94. The van der Waals surface area contributed by atoms with E-state index in [2.05, 4.69) is 25.7 Å². The van der Waals surface area contributed by atoms with Crippen LogP contribution in [0.25, 0.3) is 0 Å². The number of hydrogen-bond donors (Lipinski definition) is 0. The van der Waals surface area contributed by atoms with Crippen molar-refractivity contribution in [2.75, 3.05) is 0 Å². The second-order valence-corrected chi connectivity index (χ2v) is 4.21. The fourth-order valence-electron chi connectivity index (χ4n) is 2.31. The molecule has 0 spiro atoms. The van der Waals surface area contributed by atoms with Crippen molar-refractivity contribution in [2.24, 2.45) is 17.8 Å². The average Bonchev–Trinajstić information content (AvgIpc) is 2.51. The smallest absolute Gasteiger partial charge is 0.0253 e. The van der Waals surface area contributed by atoms with E-state index in [-0.39, 0.29) is 0 Å². The molecule has 1 rings (SSSR count). The van der Waals surface area contributed by atoms with Crippen molar-refractivity contribution in [2.45, 2.75) is 46.5 Å². The van der Waals surface area contributed by atoms with Gasteiger partial charge in [-0.3, -0.25) is 0 Å². The molecule has 0 aromatic carbocycles. The highest BCUT2D eigenvalue weighted by Crippen LogP contribution is 2.34. The van der Waals surface area contributed by atoms with Gasteiger partial charge in [-0.2, -0.15) is 0 Å². The van der Waals surface area contributed by atoms with E-state index in [1.807, 2.05) is 6.92 Å². The van der Waals surface area contributed by atoms with Crippen molar-refractivity contribution in [1.29, 1.82) is 0 Å². The summed E-state index contributed by atoms with van der Waals surface area (Å²) < 4.78 is 0. The van der Waals surface area contributed by atoms with Gasteiger partial charge in [0.2, 0.25) is 0 Å². The first kappa shape index (κ1) is 9.65. The van der Waals surface area contributed by atoms with Crippen LogP contribution >= 0.6 is 0 Å². The van der Waals surface area contributed by atoms with Gasteiger partial charge in [0.15, 0.2) is 0 Å². The van der Waals surface area contributed by atoms with Crippen LogP contribution < -0.4 is 0 Å². The Kier molecular flexibility index (Phi) is 3.66. The summed E-state index contributed by atoms with van der Waals surface area (Å²) in [4.78, 5) is 0. The van der Waals surface area contributed by atoms with Gasteiger partial charge in [-0.25, -0.2) is 0 Å². The molecule has 0 amide bonds. The van der Waals surface area contributed by atoms with Crippen LogP contribution in [0.1, 0.15) is 46.5 Å². The molecular weight excluding hydrogens is 144 g/mol. The van der Waals surface area contributed by atoms with Crippen LogP contribution in [-0.2, 0) is 0 Å². The van der Waals surface area contributed by atoms with Crippen molar-refractivity contribution in [1.82, 2.24) is 0 Å². The maximum absolute atomic E-state index is 3.37. The van der Waals surface area contributed by atoms with E-state index in [0.29, 0.717) is 5.92 Å². The van der Waals surface area contributed by atoms with Gasteiger partial charge < -0.3 is 0 Å². The molecule has 0 aliphatic heterocycles. The Morgan fingerprint density at radius 1 is 1.17 bits per heavy atom. The van der Waals surface area contributed by atoms with E-state index in [1.54, 1.807) is 0 Å². The molecule has 1 saturated carbocycles. The molecule has 0 heteroatoms. The third kappa shape index (κ3) is 2.27. The molecule has 0 aromatic rings. The van der Waals surface area contributed by atoms with E-state index < -0.39 is 0 Å². The Labute approximate surface area is 76.7 Å². The predicted molar refractivity (Wildman–Crippen MR) is 53.7 cm³/mol. The fourth-order valence-corrected chi connectivity index (χ4v) is 2.31. The minimum absolute atomic E-state index is 0.664. The summed E-state index contributed by atoms with van der Waals surface area (Å²) in [7, 11) is 0. The van der Waals surface area contributed by atoms with Gasteiger partial charge in [-0.15, -0.1) is 5.92 Å². The number of hydrogen-bond acceptors (Lipinski definition) is 0. The first-order chi connectivity index (χ1) is 5.75. The molecule has 1 fully saturated rings. The molecular formula is C12H20. The van der Waals surface area contributed by atoms with Crippen LogP contribution in [0.5, 0.6) is 0 Å². The third-order valence-corrected chi connectivity index (χ3v) is 2.94. The van der Waals surface area contributed by atoms with Crippen LogP contribution in [0.4, 0.5) is 0 Å². The van der Waals surface area contributed by atoms with Crippen LogP contribution in [0.3, 0.4) is 0 Å². The first-order valence-electron chi connectivity index (χ1n) is 5.18. The molecule has 1 aliphatic carbocycles. The molecule has 0 nitrogen and oxygen atoms in total. The van der Waals surface area contributed by atoms with Gasteiger partial charge in [0.25, 0.3) is 0 Å². The van der Waals surface area contributed by atoms with Crippen molar-refractivity contribution in [3.8, 4) is 11.8 Å². The largest absolute Gasteiger partial charge is 0.106 e. The van der Waals surface area contributed by atoms with Gasteiger partial charge in [0.1, 0.15) is 0 Å². The van der Waals surface area contributed by atoms with Gasteiger partial charge in [0, 0.05) is 5.92 Å².